The molecule has 0 saturated carbocycles. The number of thiazole rings is 2. The summed E-state index contributed by atoms with van der Waals surface area (Å²) in [5, 5.41) is 9.70. The van der Waals surface area contributed by atoms with Crippen LogP contribution in [0, 0.1) is 6.92 Å². The second kappa shape index (κ2) is 16.0. The van der Waals surface area contributed by atoms with E-state index in [9.17, 15) is 9.59 Å². The van der Waals surface area contributed by atoms with Crippen molar-refractivity contribution in [1.29, 1.82) is 0 Å². The maximum Gasteiger partial charge on any atom is 0.358 e. The second-order valence-electron chi connectivity index (χ2n) is 13.9. The average molecular weight is 744 g/mol. The fourth-order valence-corrected chi connectivity index (χ4v) is 8.86. The molecule has 5 aromatic rings. The van der Waals surface area contributed by atoms with Crippen molar-refractivity contribution in [2.24, 2.45) is 4.99 Å². The average Bonchev–Trinajstić information content (AvgIpc) is 3.73. The van der Waals surface area contributed by atoms with E-state index in [0.29, 0.717) is 47.8 Å². The van der Waals surface area contributed by atoms with Gasteiger partial charge < -0.3 is 19.3 Å². The Hall–Kier alpha value is -4.24. The fourth-order valence-electron chi connectivity index (χ4n) is 5.89. The summed E-state index contributed by atoms with van der Waals surface area (Å²) in [6, 6.07) is 20.6. The van der Waals surface area contributed by atoms with Gasteiger partial charge in [0.25, 0.3) is 5.91 Å². The number of ether oxygens (including phenoxy) is 2. The zero-order valence-corrected chi connectivity index (χ0v) is 32.7. The van der Waals surface area contributed by atoms with Crippen LogP contribution >= 0.6 is 22.7 Å². The number of aromatic nitrogens is 4. The van der Waals surface area contributed by atoms with E-state index in [1.807, 2.05) is 72.3 Å². The molecule has 1 saturated heterocycles. The predicted molar refractivity (Wildman–Crippen MR) is 206 cm³/mol. The number of fused-ring (bicyclic) bond motifs is 1. The van der Waals surface area contributed by atoms with Crippen molar-refractivity contribution in [1.82, 2.24) is 24.6 Å². The zero-order valence-electron chi connectivity index (χ0n) is 30.1. The molecule has 0 spiro atoms. The number of nitrogens with zero attached hydrogens (tertiary/aromatic N) is 7. The normalized spacial score (nSPS) is 14.3. The van der Waals surface area contributed by atoms with Crippen LogP contribution in [0.15, 0.2) is 65.7 Å². The molecule has 6 rings (SSSR count). The summed E-state index contributed by atoms with van der Waals surface area (Å²) in [6.45, 7) is 13.4. The summed E-state index contributed by atoms with van der Waals surface area (Å²) in [4.78, 5) is 41.3. The molecule has 1 aliphatic heterocycles. The van der Waals surface area contributed by atoms with Crippen LogP contribution in [-0.4, -0.2) is 77.9 Å². The topological polar surface area (TPSA) is 115 Å². The molecule has 0 radical (unpaired) electrons. The molecule has 0 aliphatic carbocycles. The summed E-state index contributed by atoms with van der Waals surface area (Å²) in [5.74, 6) is 0.776. The number of benzene rings is 2. The number of esters is 1. The van der Waals surface area contributed by atoms with Gasteiger partial charge in [-0.3, -0.25) is 9.36 Å². The van der Waals surface area contributed by atoms with Crippen molar-refractivity contribution in [3.8, 4) is 0 Å². The summed E-state index contributed by atoms with van der Waals surface area (Å²) >= 11 is 3.06. The van der Waals surface area contributed by atoms with Gasteiger partial charge in [0.1, 0.15) is 6.73 Å². The molecular formula is C37H45N7O4S2Si. The predicted octanol–water partition coefficient (Wildman–Crippen LogP) is 7.77. The van der Waals surface area contributed by atoms with Crippen molar-refractivity contribution in [2.75, 3.05) is 38.3 Å². The highest BCUT2D eigenvalue weighted by atomic mass is 32.1. The van der Waals surface area contributed by atoms with Crippen LogP contribution in [0.5, 0.6) is 0 Å². The maximum absolute atomic E-state index is 13.1. The third-order valence-electron chi connectivity index (χ3n) is 8.87. The van der Waals surface area contributed by atoms with Gasteiger partial charge in [0.2, 0.25) is 0 Å². The van der Waals surface area contributed by atoms with Crippen molar-refractivity contribution >= 4 is 69.6 Å². The monoisotopic (exact) mass is 743 g/mol. The van der Waals surface area contributed by atoms with E-state index in [2.05, 4.69) is 46.5 Å². The van der Waals surface area contributed by atoms with Gasteiger partial charge in [0, 0.05) is 45.3 Å². The second-order valence-corrected chi connectivity index (χ2v) is 21.5. The Balaban J connectivity index is 1.22. The Labute approximate surface area is 307 Å². The smallest absolute Gasteiger partial charge is 0.358 e. The lowest BCUT2D eigenvalue weighted by Gasteiger charge is -2.31. The van der Waals surface area contributed by atoms with E-state index in [4.69, 9.17) is 19.5 Å². The number of amides is 1. The summed E-state index contributed by atoms with van der Waals surface area (Å²) in [6.07, 6.45) is 1.46. The molecule has 1 fully saturated rings. The Morgan fingerprint density at radius 3 is 2.45 bits per heavy atom. The lowest BCUT2D eigenvalue weighted by Crippen LogP contribution is -2.38. The van der Waals surface area contributed by atoms with Gasteiger partial charge in [-0.2, -0.15) is 4.99 Å². The highest BCUT2D eigenvalue weighted by Crippen LogP contribution is 2.39. The number of para-hydroxylation sites is 1. The van der Waals surface area contributed by atoms with Gasteiger partial charge in [-0.1, -0.05) is 61.3 Å². The van der Waals surface area contributed by atoms with Gasteiger partial charge in [-0.15, -0.1) is 21.5 Å². The first-order valence-electron chi connectivity index (χ1n) is 17.3. The molecule has 1 amide bonds. The molecule has 0 N–H and O–H groups in total. The van der Waals surface area contributed by atoms with Crippen LogP contribution in [0.1, 0.15) is 57.0 Å². The molecule has 1 aliphatic rings. The number of piperidine rings is 1. The van der Waals surface area contributed by atoms with Crippen LogP contribution in [0.25, 0.3) is 10.2 Å². The minimum atomic E-state index is -1.21. The lowest BCUT2D eigenvalue weighted by atomic mass is 9.93. The van der Waals surface area contributed by atoms with Gasteiger partial charge >= 0.3 is 5.97 Å². The van der Waals surface area contributed by atoms with E-state index in [0.717, 1.165) is 51.0 Å². The minimum absolute atomic E-state index is 0.0292. The molecule has 0 atom stereocenters. The van der Waals surface area contributed by atoms with Crippen LogP contribution < -0.4 is 9.70 Å². The Kier molecular flexibility index (Phi) is 11.4. The SMILES string of the molecule is CCOC(=O)c1nc(N(C)c2cc(C)c(N=c3sc4ccccc4n3COCC[Si](C)(C)C)nn2)sc1C1CCN(C(=O)c2ccccc2)CC1. The third kappa shape index (κ3) is 8.63. The Morgan fingerprint density at radius 1 is 1.02 bits per heavy atom. The molecule has 268 valence electrons. The zero-order chi connectivity index (χ0) is 36.1. The number of anilines is 2. The summed E-state index contributed by atoms with van der Waals surface area (Å²) < 4.78 is 14.8. The van der Waals surface area contributed by atoms with Crippen LogP contribution in [0.2, 0.25) is 25.7 Å². The first-order chi connectivity index (χ1) is 24.5. The molecular weight excluding hydrogens is 699 g/mol. The number of aryl methyl sites for hydroxylation is 1. The fraction of sp³-hybridized carbons (Fsp3) is 0.405. The highest BCUT2D eigenvalue weighted by Gasteiger charge is 2.31. The number of likely N-dealkylation sites (tertiary alicyclic amines) is 1. The lowest BCUT2D eigenvalue weighted by molar-refractivity contribution is 0.0516. The summed E-state index contributed by atoms with van der Waals surface area (Å²) in [5.41, 5.74) is 2.94. The Bertz CT molecular complexity index is 2060. The highest BCUT2D eigenvalue weighted by molar-refractivity contribution is 7.16. The summed E-state index contributed by atoms with van der Waals surface area (Å²) in [7, 11) is 0.663. The standard InChI is InChI=1S/C37H45N7O4S2Si/c1-7-48-35(46)31-32(26-17-19-43(20-18-26)34(45)27-13-9-8-10-14-27)50-36(38-31)42(3)30-23-25(2)33(41-40-30)39-37-44(24-47-21-22-51(4,5)6)28-15-11-12-16-29(28)49-37/h8-16,23,26H,7,17-22,24H2,1-6H3. The molecule has 0 bridgehead atoms. The number of carbonyl (C=O) groups is 2. The van der Waals surface area contributed by atoms with Crippen LogP contribution in [-0.2, 0) is 16.2 Å². The first-order valence-corrected chi connectivity index (χ1v) is 22.7. The van der Waals surface area contributed by atoms with Gasteiger partial charge in [-0.25, -0.2) is 9.78 Å². The molecule has 14 heteroatoms. The Morgan fingerprint density at radius 2 is 1.75 bits per heavy atom. The quantitative estimate of drug-likeness (QED) is 0.0724. The van der Waals surface area contributed by atoms with Crippen molar-refractivity contribution < 1.29 is 19.1 Å². The number of hydrogen-bond donors (Lipinski definition) is 0. The van der Waals surface area contributed by atoms with Crippen molar-refractivity contribution in [2.45, 2.75) is 65.0 Å². The number of carbonyl (C=O) groups excluding carboxylic acids is 2. The van der Waals surface area contributed by atoms with E-state index >= 15 is 0 Å². The van der Waals surface area contributed by atoms with E-state index < -0.39 is 14.0 Å². The molecule has 4 heterocycles. The van der Waals surface area contributed by atoms with Crippen LogP contribution in [0.3, 0.4) is 0 Å². The molecule has 0 unspecified atom stereocenters. The molecule has 2 aromatic carbocycles. The van der Waals surface area contributed by atoms with E-state index in [1.165, 1.54) is 11.3 Å². The van der Waals surface area contributed by atoms with E-state index in [-0.39, 0.29) is 18.4 Å². The van der Waals surface area contributed by atoms with E-state index in [1.54, 1.807) is 18.3 Å². The van der Waals surface area contributed by atoms with Gasteiger partial charge in [0.05, 0.1) is 16.8 Å². The van der Waals surface area contributed by atoms with Crippen molar-refractivity contribution in [3.05, 3.63) is 87.2 Å². The molecule has 3 aromatic heterocycles. The maximum atomic E-state index is 13.1. The molecule has 11 nitrogen and oxygen atoms in total. The number of rotatable bonds is 12. The van der Waals surface area contributed by atoms with Gasteiger partial charge in [-0.05, 0) is 74.5 Å². The first kappa shape index (κ1) is 36.5. The third-order valence-corrected chi connectivity index (χ3v) is 12.9. The van der Waals surface area contributed by atoms with Crippen LogP contribution in [0.4, 0.5) is 16.8 Å². The minimum Gasteiger partial charge on any atom is -0.461 e. The largest absolute Gasteiger partial charge is 0.461 e. The number of hydrogen-bond acceptors (Lipinski definition) is 11. The molecule has 51 heavy (non-hydrogen) atoms. The van der Waals surface area contributed by atoms with Crippen molar-refractivity contribution in [3.63, 3.8) is 0 Å². The van der Waals surface area contributed by atoms with Gasteiger partial charge in [0.15, 0.2) is 27.3 Å².